The van der Waals surface area contributed by atoms with Gasteiger partial charge in [0.15, 0.2) is 0 Å². The van der Waals surface area contributed by atoms with Crippen LogP contribution in [-0.4, -0.2) is 38.0 Å². The molecule has 6 nitrogen and oxygen atoms in total. The largest absolute Gasteiger partial charge is 0.496 e. The lowest BCUT2D eigenvalue weighted by molar-refractivity contribution is 0.0786. The third-order valence-corrected chi connectivity index (χ3v) is 4.67. The Balaban J connectivity index is 1.85. The summed E-state index contributed by atoms with van der Waals surface area (Å²) in [5, 5.41) is 2.83. The van der Waals surface area contributed by atoms with Gasteiger partial charge in [-0.25, -0.2) is 0 Å². The van der Waals surface area contributed by atoms with Crippen LogP contribution in [0.2, 0.25) is 0 Å². The number of hydrogen-bond acceptors (Lipinski definition) is 4. The monoisotopic (exact) mass is 404 g/mol. The molecule has 3 aromatic carbocycles. The van der Waals surface area contributed by atoms with Crippen molar-refractivity contribution in [1.82, 2.24) is 4.90 Å². The number of benzene rings is 3. The van der Waals surface area contributed by atoms with Gasteiger partial charge in [-0.1, -0.05) is 48.5 Å². The quantitative estimate of drug-likeness (QED) is 0.640. The number of anilines is 1. The predicted molar refractivity (Wildman–Crippen MR) is 116 cm³/mol. The van der Waals surface area contributed by atoms with E-state index in [0.29, 0.717) is 29.3 Å². The molecule has 0 fully saturated rings. The molecule has 0 saturated carbocycles. The molecule has 0 bridgehead atoms. The van der Waals surface area contributed by atoms with E-state index in [-0.39, 0.29) is 11.5 Å². The molecule has 1 N–H and O–H groups in total. The number of amides is 2. The summed E-state index contributed by atoms with van der Waals surface area (Å²) in [6.45, 7) is 0.461. The Hall–Kier alpha value is -3.80. The number of nitrogens with zero attached hydrogens (tertiary/aromatic N) is 1. The van der Waals surface area contributed by atoms with Gasteiger partial charge in [0.25, 0.3) is 11.8 Å². The van der Waals surface area contributed by atoms with Crippen LogP contribution >= 0.6 is 0 Å². The standard InChI is InChI=1S/C24H24N2O4/c1-26(16-17-10-5-4-6-11-17)24(28)18-12-7-8-13-19(18)25-23(27)22-20(29-2)14-9-15-21(22)30-3/h4-15H,16H2,1-3H3,(H,25,27). The van der Waals surface area contributed by atoms with Crippen LogP contribution in [0, 0.1) is 0 Å². The van der Waals surface area contributed by atoms with Crippen molar-refractivity contribution in [3.8, 4) is 11.5 Å². The number of para-hydroxylation sites is 1. The first-order valence-corrected chi connectivity index (χ1v) is 9.46. The maximum absolute atomic E-state index is 13.1. The van der Waals surface area contributed by atoms with Gasteiger partial charge >= 0.3 is 0 Å². The molecule has 0 atom stereocenters. The highest BCUT2D eigenvalue weighted by Gasteiger charge is 2.21. The van der Waals surface area contributed by atoms with E-state index in [1.165, 1.54) is 14.2 Å². The predicted octanol–water partition coefficient (Wildman–Crippen LogP) is 4.23. The van der Waals surface area contributed by atoms with Gasteiger partial charge < -0.3 is 19.7 Å². The Labute approximate surface area is 176 Å². The minimum absolute atomic E-state index is 0.193. The number of rotatable bonds is 7. The summed E-state index contributed by atoms with van der Waals surface area (Å²) in [7, 11) is 4.71. The Morgan fingerprint density at radius 2 is 1.43 bits per heavy atom. The van der Waals surface area contributed by atoms with Crippen LogP contribution in [0.3, 0.4) is 0 Å². The van der Waals surface area contributed by atoms with Crippen molar-refractivity contribution in [2.45, 2.75) is 6.54 Å². The molecule has 3 aromatic rings. The van der Waals surface area contributed by atoms with E-state index in [2.05, 4.69) is 5.32 Å². The van der Waals surface area contributed by atoms with E-state index >= 15 is 0 Å². The molecule has 30 heavy (non-hydrogen) atoms. The van der Waals surface area contributed by atoms with Gasteiger partial charge in [0.05, 0.1) is 25.5 Å². The van der Waals surface area contributed by atoms with Crippen LogP contribution in [0.5, 0.6) is 11.5 Å². The number of carbonyl (C=O) groups excluding carboxylic acids is 2. The molecular formula is C24H24N2O4. The zero-order chi connectivity index (χ0) is 21.5. The fourth-order valence-corrected chi connectivity index (χ4v) is 3.17. The smallest absolute Gasteiger partial charge is 0.263 e. The van der Waals surface area contributed by atoms with E-state index in [4.69, 9.17) is 9.47 Å². The van der Waals surface area contributed by atoms with E-state index < -0.39 is 5.91 Å². The van der Waals surface area contributed by atoms with Crippen LogP contribution in [0.15, 0.2) is 72.8 Å². The minimum atomic E-state index is -0.421. The van der Waals surface area contributed by atoms with E-state index in [1.807, 2.05) is 30.3 Å². The SMILES string of the molecule is COc1cccc(OC)c1C(=O)Nc1ccccc1C(=O)N(C)Cc1ccccc1. The molecule has 0 aliphatic heterocycles. The van der Waals surface area contributed by atoms with Crippen LogP contribution in [0.4, 0.5) is 5.69 Å². The molecule has 154 valence electrons. The highest BCUT2D eigenvalue weighted by atomic mass is 16.5. The number of ether oxygens (including phenoxy) is 2. The molecule has 0 saturated heterocycles. The summed E-state index contributed by atoms with van der Waals surface area (Å²) >= 11 is 0. The number of nitrogens with one attached hydrogen (secondary N) is 1. The number of methoxy groups -OCH3 is 2. The van der Waals surface area contributed by atoms with Gasteiger partial charge in [-0.2, -0.15) is 0 Å². The summed E-state index contributed by atoms with van der Waals surface area (Å²) in [6, 6.07) is 21.8. The molecule has 2 amide bonds. The molecule has 0 aromatic heterocycles. The van der Waals surface area contributed by atoms with Gasteiger partial charge in [0.1, 0.15) is 17.1 Å². The molecule has 0 radical (unpaired) electrons. The second kappa shape index (κ2) is 9.60. The zero-order valence-corrected chi connectivity index (χ0v) is 17.2. The van der Waals surface area contributed by atoms with Gasteiger partial charge in [0.2, 0.25) is 0 Å². The fourth-order valence-electron chi connectivity index (χ4n) is 3.17. The first-order chi connectivity index (χ1) is 14.5. The Morgan fingerprint density at radius 3 is 2.07 bits per heavy atom. The Morgan fingerprint density at radius 1 is 0.833 bits per heavy atom. The second-order valence-electron chi connectivity index (χ2n) is 6.68. The van der Waals surface area contributed by atoms with Crippen LogP contribution in [-0.2, 0) is 6.54 Å². The fraction of sp³-hybridized carbons (Fsp3) is 0.167. The van der Waals surface area contributed by atoms with E-state index in [0.717, 1.165) is 5.56 Å². The average molecular weight is 404 g/mol. The Bertz CT molecular complexity index is 1010. The topological polar surface area (TPSA) is 67.9 Å². The van der Waals surface area contributed by atoms with E-state index in [9.17, 15) is 9.59 Å². The molecule has 3 rings (SSSR count). The summed E-state index contributed by atoms with van der Waals surface area (Å²) < 4.78 is 10.6. The zero-order valence-electron chi connectivity index (χ0n) is 17.2. The highest BCUT2D eigenvalue weighted by Crippen LogP contribution is 2.29. The first-order valence-electron chi connectivity index (χ1n) is 9.46. The van der Waals surface area contributed by atoms with Gasteiger partial charge in [-0.3, -0.25) is 9.59 Å². The molecule has 0 heterocycles. The highest BCUT2D eigenvalue weighted by molar-refractivity contribution is 6.11. The van der Waals surface area contributed by atoms with Gasteiger partial charge in [-0.05, 0) is 29.8 Å². The average Bonchev–Trinajstić information content (AvgIpc) is 2.78. The van der Waals surface area contributed by atoms with Crippen LogP contribution < -0.4 is 14.8 Å². The first kappa shape index (κ1) is 20.9. The summed E-state index contributed by atoms with van der Waals surface area (Å²) in [6.07, 6.45) is 0. The number of hydrogen-bond donors (Lipinski definition) is 1. The van der Waals surface area contributed by atoms with Crippen molar-refractivity contribution in [3.05, 3.63) is 89.5 Å². The second-order valence-corrected chi connectivity index (χ2v) is 6.68. The van der Waals surface area contributed by atoms with Crippen molar-refractivity contribution in [2.75, 3.05) is 26.6 Å². The molecular weight excluding hydrogens is 380 g/mol. The lowest BCUT2D eigenvalue weighted by Gasteiger charge is -2.20. The molecule has 0 spiro atoms. The summed E-state index contributed by atoms with van der Waals surface area (Å²) in [5.41, 5.74) is 2.11. The summed E-state index contributed by atoms with van der Waals surface area (Å²) in [5.74, 6) is 0.158. The van der Waals surface area contributed by atoms with Crippen LogP contribution in [0.25, 0.3) is 0 Å². The van der Waals surface area contributed by atoms with Crippen molar-refractivity contribution in [3.63, 3.8) is 0 Å². The van der Waals surface area contributed by atoms with Crippen molar-refractivity contribution in [2.24, 2.45) is 0 Å². The Kier molecular flexibility index (Phi) is 6.70. The van der Waals surface area contributed by atoms with Gasteiger partial charge in [0, 0.05) is 13.6 Å². The molecule has 0 aliphatic rings. The lowest BCUT2D eigenvalue weighted by Crippen LogP contribution is -2.27. The van der Waals surface area contributed by atoms with Crippen molar-refractivity contribution >= 4 is 17.5 Å². The maximum atomic E-state index is 13.1. The molecule has 0 aliphatic carbocycles. The maximum Gasteiger partial charge on any atom is 0.263 e. The number of carbonyl (C=O) groups is 2. The normalized spacial score (nSPS) is 10.2. The molecule has 0 unspecified atom stereocenters. The summed E-state index contributed by atoms with van der Waals surface area (Å²) in [4.78, 5) is 27.7. The van der Waals surface area contributed by atoms with Crippen molar-refractivity contribution < 1.29 is 19.1 Å². The van der Waals surface area contributed by atoms with Crippen LogP contribution in [0.1, 0.15) is 26.3 Å². The third-order valence-electron chi connectivity index (χ3n) is 4.67. The van der Waals surface area contributed by atoms with E-state index in [1.54, 1.807) is 54.4 Å². The minimum Gasteiger partial charge on any atom is -0.496 e. The van der Waals surface area contributed by atoms with Crippen molar-refractivity contribution in [1.29, 1.82) is 0 Å². The lowest BCUT2D eigenvalue weighted by atomic mass is 10.1. The molecule has 6 heteroatoms. The third kappa shape index (κ3) is 4.60. The van der Waals surface area contributed by atoms with Gasteiger partial charge in [-0.15, -0.1) is 0 Å².